The van der Waals surface area contributed by atoms with Crippen molar-refractivity contribution in [3.8, 4) is 5.75 Å². The molecule has 2 rings (SSSR count). The molecular weight excluding hydrogens is 299 g/mol. The number of aromatic nitrogens is 1. The molecule has 0 aliphatic carbocycles. The van der Waals surface area contributed by atoms with Crippen molar-refractivity contribution in [1.82, 2.24) is 4.57 Å². The summed E-state index contributed by atoms with van der Waals surface area (Å²) in [7, 11) is 0. The van der Waals surface area contributed by atoms with E-state index in [9.17, 15) is 9.90 Å². The van der Waals surface area contributed by atoms with E-state index in [2.05, 4.69) is 5.32 Å². The van der Waals surface area contributed by atoms with Crippen LogP contribution in [0.25, 0.3) is 0 Å². The highest BCUT2D eigenvalue weighted by Crippen LogP contribution is 2.31. The number of halogens is 2. The SMILES string of the molecule is CCn1cc(NCc2cc(Cl)cc(Cl)c2O)ccc1=O. The van der Waals surface area contributed by atoms with Crippen LogP contribution in [-0.4, -0.2) is 9.67 Å². The summed E-state index contributed by atoms with van der Waals surface area (Å²) in [5.74, 6) is 0.00683. The molecule has 2 N–H and O–H groups in total. The summed E-state index contributed by atoms with van der Waals surface area (Å²) in [5, 5.41) is 13.7. The van der Waals surface area contributed by atoms with Gasteiger partial charge in [-0.25, -0.2) is 0 Å². The predicted molar refractivity (Wildman–Crippen MR) is 81.8 cm³/mol. The van der Waals surface area contributed by atoms with Crippen molar-refractivity contribution in [3.63, 3.8) is 0 Å². The molecule has 0 aliphatic heterocycles. The van der Waals surface area contributed by atoms with E-state index in [1.807, 2.05) is 6.92 Å². The largest absolute Gasteiger partial charge is 0.506 e. The average Bonchev–Trinajstić information content (AvgIpc) is 2.42. The zero-order valence-corrected chi connectivity index (χ0v) is 12.4. The Morgan fingerprint density at radius 3 is 2.75 bits per heavy atom. The van der Waals surface area contributed by atoms with E-state index < -0.39 is 0 Å². The first-order chi connectivity index (χ1) is 9.51. The van der Waals surface area contributed by atoms with Gasteiger partial charge in [-0.1, -0.05) is 23.2 Å². The van der Waals surface area contributed by atoms with Gasteiger partial charge in [0.25, 0.3) is 5.56 Å². The molecule has 0 atom stereocenters. The fourth-order valence-electron chi connectivity index (χ4n) is 1.83. The van der Waals surface area contributed by atoms with Crippen molar-refractivity contribution in [2.24, 2.45) is 0 Å². The number of aromatic hydroxyl groups is 1. The molecule has 0 saturated carbocycles. The highest BCUT2D eigenvalue weighted by molar-refractivity contribution is 6.35. The molecule has 0 fully saturated rings. The molecule has 0 spiro atoms. The van der Waals surface area contributed by atoms with Gasteiger partial charge in [0.15, 0.2) is 0 Å². The minimum Gasteiger partial charge on any atom is -0.506 e. The van der Waals surface area contributed by atoms with Gasteiger partial charge < -0.3 is 15.0 Å². The van der Waals surface area contributed by atoms with Crippen LogP contribution in [0, 0.1) is 0 Å². The van der Waals surface area contributed by atoms with Gasteiger partial charge in [0.2, 0.25) is 0 Å². The molecule has 20 heavy (non-hydrogen) atoms. The number of benzene rings is 1. The highest BCUT2D eigenvalue weighted by atomic mass is 35.5. The van der Waals surface area contributed by atoms with Crippen LogP contribution in [0.15, 0.2) is 35.3 Å². The first kappa shape index (κ1) is 14.8. The number of rotatable bonds is 4. The molecule has 0 aliphatic rings. The third-order valence-corrected chi connectivity index (χ3v) is 3.42. The first-order valence-corrected chi connectivity index (χ1v) is 6.88. The van der Waals surface area contributed by atoms with E-state index in [1.54, 1.807) is 22.9 Å². The average molecular weight is 313 g/mol. The summed E-state index contributed by atoms with van der Waals surface area (Å²) in [6, 6.07) is 6.32. The molecule has 0 unspecified atom stereocenters. The van der Waals surface area contributed by atoms with Crippen LogP contribution in [0.1, 0.15) is 12.5 Å². The first-order valence-electron chi connectivity index (χ1n) is 6.12. The van der Waals surface area contributed by atoms with Gasteiger partial charge in [-0.3, -0.25) is 4.79 Å². The van der Waals surface area contributed by atoms with Gasteiger partial charge in [0.1, 0.15) is 5.75 Å². The lowest BCUT2D eigenvalue weighted by atomic mass is 10.2. The molecule has 0 amide bonds. The molecule has 6 heteroatoms. The molecule has 1 aromatic carbocycles. The fraction of sp³-hybridized carbons (Fsp3) is 0.214. The number of aryl methyl sites for hydroxylation is 1. The van der Waals surface area contributed by atoms with E-state index in [4.69, 9.17) is 23.2 Å². The second-order valence-electron chi connectivity index (χ2n) is 4.29. The summed E-state index contributed by atoms with van der Waals surface area (Å²) < 4.78 is 1.59. The summed E-state index contributed by atoms with van der Waals surface area (Å²) in [5.41, 5.74) is 1.32. The molecule has 1 heterocycles. The van der Waals surface area contributed by atoms with Gasteiger partial charge in [-0.05, 0) is 25.1 Å². The van der Waals surface area contributed by atoms with Crippen LogP contribution >= 0.6 is 23.2 Å². The molecule has 1 aromatic heterocycles. The van der Waals surface area contributed by atoms with Crippen LogP contribution in [0.4, 0.5) is 5.69 Å². The molecule has 0 saturated heterocycles. The Morgan fingerprint density at radius 1 is 1.30 bits per heavy atom. The fourth-order valence-corrected chi connectivity index (χ4v) is 2.37. The van der Waals surface area contributed by atoms with Crippen molar-refractivity contribution in [2.45, 2.75) is 20.0 Å². The lowest BCUT2D eigenvalue weighted by molar-refractivity contribution is 0.469. The van der Waals surface area contributed by atoms with Crippen molar-refractivity contribution in [2.75, 3.05) is 5.32 Å². The minimum atomic E-state index is -0.0494. The van der Waals surface area contributed by atoms with E-state index in [1.165, 1.54) is 12.1 Å². The molecule has 2 aromatic rings. The van der Waals surface area contributed by atoms with Gasteiger partial charge >= 0.3 is 0 Å². The topological polar surface area (TPSA) is 54.3 Å². The Hall–Kier alpha value is -1.65. The van der Waals surface area contributed by atoms with Crippen molar-refractivity contribution >= 4 is 28.9 Å². The Bertz CT molecular complexity index is 683. The number of hydrogen-bond acceptors (Lipinski definition) is 3. The summed E-state index contributed by atoms with van der Waals surface area (Å²) in [6.07, 6.45) is 1.73. The van der Waals surface area contributed by atoms with Crippen molar-refractivity contribution in [3.05, 3.63) is 56.4 Å². The van der Waals surface area contributed by atoms with Gasteiger partial charge in [0.05, 0.1) is 10.7 Å². The number of nitrogens with one attached hydrogen (secondary N) is 1. The van der Waals surface area contributed by atoms with Crippen LogP contribution in [-0.2, 0) is 13.1 Å². The van der Waals surface area contributed by atoms with E-state index in [0.29, 0.717) is 23.7 Å². The number of phenols is 1. The predicted octanol–water partition coefficient (Wildman–Crippen LogP) is 3.49. The Morgan fingerprint density at radius 2 is 2.05 bits per heavy atom. The van der Waals surface area contributed by atoms with Gasteiger partial charge in [0, 0.05) is 35.9 Å². The Balaban J connectivity index is 2.19. The van der Waals surface area contributed by atoms with Crippen LogP contribution in [0.5, 0.6) is 5.75 Å². The maximum absolute atomic E-state index is 11.5. The van der Waals surface area contributed by atoms with Crippen molar-refractivity contribution in [1.29, 1.82) is 0 Å². The molecule has 4 nitrogen and oxygen atoms in total. The number of nitrogens with zero attached hydrogens (tertiary/aromatic N) is 1. The van der Waals surface area contributed by atoms with Crippen LogP contribution in [0.3, 0.4) is 0 Å². The van der Waals surface area contributed by atoms with E-state index in [0.717, 1.165) is 5.69 Å². The lowest BCUT2D eigenvalue weighted by Crippen LogP contribution is -2.17. The smallest absolute Gasteiger partial charge is 0.250 e. The molecular formula is C14H14Cl2N2O2. The molecule has 0 radical (unpaired) electrons. The standard InChI is InChI=1S/C14H14Cl2N2O2/c1-2-18-8-11(3-4-13(18)19)17-7-9-5-10(15)6-12(16)14(9)20/h3-6,8,17,20H,2,7H2,1H3. The second kappa shape index (κ2) is 6.20. The second-order valence-corrected chi connectivity index (χ2v) is 5.13. The normalized spacial score (nSPS) is 10.6. The minimum absolute atomic E-state index is 0.00683. The number of pyridine rings is 1. The van der Waals surface area contributed by atoms with E-state index in [-0.39, 0.29) is 16.3 Å². The summed E-state index contributed by atoms with van der Waals surface area (Å²) >= 11 is 11.8. The monoisotopic (exact) mass is 312 g/mol. The van der Waals surface area contributed by atoms with E-state index >= 15 is 0 Å². The summed E-state index contributed by atoms with van der Waals surface area (Å²) in [6.45, 7) is 2.85. The maximum atomic E-state index is 11.5. The molecule has 0 bridgehead atoms. The third kappa shape index (κ3) is 3.26. The van der Waals surface area contributed by atoms with Crippen LogP contribution < -0.4 is 10.9 Å². The van der Waals surface area contributed by atoms with Crippen LogP contribution in [0.2, 0.25) is 10.0 Å². The van der Waals surface area contributed by atoms with Gasteiger partial charge in [-0.2, -0.15) is 0 Å². The summed E-state index contributed by atoms with van der Waals surface area (Å²) in [4.78, 5) is 11.5. The number of phenolic OH excluding ortho intramolecular Hbond substituents is 1. The van der Waals surface area contributed by atoms with Crippen molar-refractivity contribution < 1.29 is 5.11 Å². The highest BCUT2D eigenvalue weighted by Gasteiger charge is 2.08. The Labute approximate surface area is 126 Å². The molecule has 106 valence electrons. The zero-order valence-electron chi connectivity index (χ0n) is 10.9. The Kier molecular flexibility index (Phi) is 4.57. The number of anilines is 1. The maximum Gasteiger partial charge on any atom is 0.250 e. The lowest BCUT2D eigenvalue weighted by Gasteiger charge is -2.11. The zero-order chi connectivity index (χ0) is 14.7. The van der Waals surface area contributed by atoms with Gasteiger partial charge in [-0.15, -0.1) is 0 Å². The third-order valence-electron chi connectivity index (χ3n) is 2.91. The number of hydrogen-bond donors (Lipinski definition) is 2. The quantitative estimate of drug-likeness (QED) is 0.908.